The summed E-state index contributed by atoms with van der Waals surface area (Å²) in [6.07, 6.45) is 1.08. The number of ether oxygens (including phenoxy) is 3. The van der Waals surface area contributed by atoms with Crippen LogP contribution >= 0.6 is 0 Å². The van der Waals surface area contributed by atoms with Crippen LogP contribution in [0.5, 0.6) is 0 Å². The fourth-order valence-corrected chi connectivity index (χ4v) is 4.53. The van der Waals surface area contributed by atoms with Crippen molar-refractivity contribution in [3.05, 3.63) is 59.3 Å². The van der Waals surface area contributed by atoms with Crippen molar-refractivity contribution in [1.82, 2.24) is 15.1 Å². The van der Waals surface area contributed by atoms with Crippen molar-refractivity contribution in [1.29, 1.82) is 0 Å². The Bertz CT molecular complexity index is 1340. The average molecular weight is 493 g/mol. The molecule has 5 rings (SSSR count). The van der Waals surface area contributed by atoms with Gasteiger partial charge in [-0.3, -0.25) is 0 Å². The van der Waals surface area contributed by atoms with Crippen molar-refractivity contribution in [2.24, 2.45) is 0 Å². The number of carbonyl (C=O) groups excluding carboxylic acids is 3. The smallest absolute Gasteiger partial charge is 0.444 e. The van der Waals surface area contributed by atoms with Crippen molar-refractivity contribution in [2.45, 2.75) is 51.2 Å². The summed E-state index contributed by atoms with van der Waals surface area (Å²) in [6, 6.07) is 11.2. The Balaban J connectivity index is 1.25. The molecule has 2 aromatic carbocycles. The summed E-state index contributed by atoms with van der Waals surface area (Å²) in [5, 5.41) is 10.7. The molecule has 10 heteroatoms. The number of hydrogen-bond acceptors (Lipinski definition) is 7. The number of nitrogens with one attached hydrogen (secondary N) is 2. The van der Waals surface area contributed by atoms with E-state index in [2.05, 4.69) is 59.4 Å². The Kier molecular flexibility index (Phi) is 6.03. The van der Waals surface area contributed by atoms with Gasteiger partial charge in [0, 0.05) is 5.39 Å². The summed E-state index contributed by atoms with van der Waals surface area (Å²) in [5.41, 5.74) is 4.76. The number of amides is 2. The van der Waals surface area contributed by atoms with Crippen molar-refractivity contribution in [3.8, 4) is 0 Å². The van der Waals surface area contributed by atoms with Crippen molar-refractivity contribution >= 4 is 34.9 Å². The van der Waals surface area contributed by atoms with Gasteiger partial charge in [-0.2, -0.15) is 9.78 Å². The highest BCUT2D eigenvalue weighted by atomic mass is 16.8. The molecule has 10 nitrogen and oxygen atoms in total. The molecule has 0 spiro atoms. The second-order valence-electron chi connectivity index (χ2n) is 10.0. The summed E-state index contributed by atoms with van der Waals surface area (Å²) in [5.74, 6) is 0. The third-order valence-electron chi connectivity index (χ3n) is 6.47. The molecule has 1 aromatic heterocycles. The molecule has 188 valence electrons. The number of fused-ring (bicyclic) bond motifs is 2. The molecule has 36 heavy (non-hydrogen) atoms. The van der Waals surface area contributed by atoms with Gasteiger partial charge < -0.3 is 24.8 Å². The molecule has 1 unspecified atom stereocenters. The lowest BCUT2D eigenvalue weighted by Crippen LogP contribution is -2.31. The molecule has 0 radical (unpaired) electrons. The summed E-state index contributed by atoms with van der Waals surface area (Å²) in [6.45, 7) is 6.45. The first-order chi connectivity index (χ1) is 17.2. The molecule has 1 aliphatic carbocycles. The highest BCUT2D eigenvalue weighted by Gasteiger charge is 2.28. The number of aromatic nitrogens is 2. The first-order valence-electron chi connectivity index (χ1n) is 11.9. The van der Waals surface area contributed by atoms with E-state index in [0.717, 1.165) is 23.1 Å². The quantitative estimate of drug-likeness (QED) is 0.508. The molecule has 2 heterocycles. The van der Waals surface area contributed by atoms with E-state index in [1.807, 2.05) is 0 Å². The minimum atomic E-state index is -0.787. The summed E-state index contributed by atoms with van der Waals surface area (Å²) >= 11 is 0. The lowest BCUT2D eigenvalue weighted by atomic mass is 9.85. The molecule has 0 bridgehead atoms. The van der Waals surface area contributed by atoms with E-state index in [1.54, 1.807) is 18.2 Å². The van der Waals surface area contributed by atoms with E-state index in [-0.39, 0.29) is 30.7 Å². The molecular weight excluding hydrogens is 464 g/mol. The van der Waals surface area contributed by atoms with Gasteiger partial charge in [-0.25, -0.2) is 14.4 Å². The van der Waals surface area contributed by atoms with Gasteiger partial charge in [0.15, 0.2) is 6.10 Å². The maximum absolute atomic E-state index is 12.9. The molecule has 2 aliphatic rings. The van der Waals surface area contributed by atoms with Gasteiger partial charge in [0.25, 0.3) is 0 Å². The SMILES string of the molecule is CC(C)(C)c1ccc2c(c1)CC[C@H]2NC(=O)Nc1cccc2c1cnn2C(=O)OCC1COC(=O)O1. The molecule has 1 saturated heterocycles. The van der Waals surface area contributed by atoms with Crippen LogP contribution in [0.1, 0.15) is 49.9 Å². The molecule has 2 amide bonds. The second-order valence-corrected chi connectivity index (χ2v) is 10.0. The average Bonchev–Trinajstić information content (AvgIpc) is 3.55. The van der Waals surface area contributed by atoms with Gasteiger partial charge in [-0.15, -0.1) is 0 Å². The molecule has 0 saturated carbocycles. The number of rotatable bonds is 4. The van der Waals surface area contributed by atoms with Crippen LogP contribution in [-0.4, -0.2) is 47.4 Å². The van der Waals surface area contributed by atoms with E-state index < -0.39 is 18.4 Å². The second kappa shape index (κ2) is 9.18. The van der Waals surface area contributed by atoms with Crippen LogP contribution in [0.2, 0.25) is 0 Å². The Morgan fingerprint density at radius 3 is 2.81 bits per heavy atom. The third-order valence-corrected chi connectivity index (χ3v) is 6.47. The van der Waals surface area contributed by atoms with Crippen LogP contribution in [0.25, 0.3) is 10.9 Å². The normalized spacial score (nSPS) is 18.9. The van der Waals surface area contributed by atoms with Crippen LogP contribution in [0.15, 0.2) is 42.6 Å². The zero-order valence-corrected chi connectivity index (χ0v) is 20.4. The van der Waals surface area contributed by atoms with Crippen LogP contribution in [0.4, 0.5) is 20.1 Å². The minimum Gasteiger partial charge on any atom is -0.444 e. The number of benzene rings is 2. The maximum atomic E-state index is 12.9. The molecule has 2 N–H and O–H groups in total. The van der Waals surface area contributed by atoms with Crippen molar-refractivity contribution < 1.29 is 28.6 Å². The molecular formula is C26H28N4O6. The number of nitrogens with zero attached hydrogens (tertiary/aromatic N) is 2. The van der Waals surface area contributed by atoms with E-state index in [9.17, 15) is 14.4 Å². The molecule has 1 aliphatic heterocycles. The van der Waals surface area contributed by atoms with Gasteiger partial charge in [0.05, 0.1) is 23.4 Å². The van der Waals surface area contributed by atoms with Gasteiger partial charge >= 0.3 is 18.3 Å². The van der Waals surface area contributed by atoms with Crippen LogP contribution < -0.4 is 10.6 Å². The van der Waals surface area contributed by atoms with E-state index in [4.69, 9.17) is 9.47 Å². The fourth-order valence-electron chi connectivity index (χ4n) is 4.53. The number of urea groups is 1. The maximum Gasteiger partial charge on any atom is 0.508 e. The Morgan fingerprint density at radius 1 is 1.22 bits per heavy atom. The van der Waals surface area contributed by atoms with Crippen LogP contribution in [0.3, 0.4) is 0 Å². The summed E-state index contributed by atoms with van der Waals surface area (Å²) < 4.78 is 15.8. The highest BCUT2D eigenvalue weighted by Crippen LogP contribution is 2.35. The predicted molar refractivity (Wildman–Crippen MR) is 131 cm³/mol. The third kappa shape index (κ3) is 4.71. The van der Waals surface area contributed by atoms with Crippen molar-refractivity contribution in [2.75, 3.05) is 18.5 Å². The lowest BCUT2D eigenvalue weighted by Gasteiger charge is -2.21. The van der Waals surface area contributed by atoms with Gasteiger partial charge in [0.2, 0.25) is 0 Å². The predicted octanol–water partition coefficient (Wildman–Crippen LogP) is 4.66. The largest absolute Gasteiger partial charge is 0.508 e. The number of cyclic esters (lactones) is 2. The van der Waals surface area contributed by atoms with E-state index in [1.165, 1.54) is 17.3 Å². The summed E-state index contributed by atoms with van der Waals surface area (Å²) in [4.78, 5) is 36.4. The highest BCUT2D eigenvalue weighted by molar-refractivity contribution is 6.02. The Hall–Kier alpha value is -4.08. The first kappa shape index (κ1) is 23.7. The number of carbonyl (C=O) groups is 3. The van der Waals surface area contributed by atoms with Gasteiger partial charge in [-0.05, 0) is 47.1 Å². The number of aryl methyl sites for hydroxylation is 1. The summed E-state index contributed by atoms with van der Waals surface area (Å²) in [7, 11) is 0. The first-order valence-corrected chi connectivity index (χ1v) is 11.9. The van der Waals surface area contributed by atoms with Crippen LogP contribution in [-0.2, 0) is 26.0 Å². The zero-order chi connectivity index (χ0) is 25.4. The minimum absolute atomic E-state index is 0.0262. The Morgan fingerprint density at radius 2 is 2.06 bits per heavy atom. The molecule has 1 fully saturated rings. The lowest BCUT2D eigenvalue weighted by molar-refractivity contribution is 0.0725. The Labute approximate surface area is 207 Å². The van der Waals surface area contributed by atoms with Crippen LogP contribution in [0, 0.1) is 0 Å². The zero-order valence-electron chi connectivity index (χ0n) is 20.4. The standard InChI is InChI=1S/C26H28N4O6/c1-26(2,3)16-8-9-18-15(11-16)7-10-21(18)29-23(31)28-20-5-4-6-22-19(20)12-27-30(22)24(32)34-13-17-14-35-25(33)36-17/h4-6,8-9,11-12,17,21H,7,10,13-14H2,1-3H3,(H2,28,29,31)/t17?,21-/m1/s1. The molecule has 3 aromatic rings. The number of hydrogen-bond donors (Lipinski definition) is 2. The number of anilines is 1. The van der Waals surface area contributed by atoms with Gasteiger partial charge in [0.1, 0.15) is 13.2 Å². The fraction of sp³-hybridized carbons (Fsp3) is 0.385. The monoisotopic (exact) mass is 492 g/mol. The van der Waals surface area contributed by atoms with E-state index >= 15 is 0 Å². The molecule has 2 atom stereocenters. The van der Waals surface area contributed by atoms with Gasteiger partial charge in [-0.1, -0.05) is 45.0 Å². The van der Waals surface area contributed by atoms with E-state index in [0.29, 0.717) is 16.6 Å². The van der Waals surface area contributed by atoms with Crippen molar-refractivity contribution in [3.63, 3.8) is 0 Å². The topological polar surface area (TPSA) is 121 Å².